The number of nitrogens with zero attached hydrogens (tertiary/aromatic N) is 2. The number of fused-ring (bicyclic) bond motifs is 1. The van der Waals surface area contributed by atoms with E-state index in [0.29, 0.717) is 12.2 Å². The minimum Gasteiger partial charge on any atom is -0.491 e. The van der Waals surface area contributed by atoms with Gasteiger partial charge in [0.15, 0.2) is 11.4 Å². The van der Waals surface area contributed by atoms with Gasteiger partial charge in [0.25, 0.3) is 5.91 Å². The lowest BCUT2D eigenvalue weighted by Crippen LogP contribution is -2.31. The van der Waals surface area contributed by atoms with Crippen molar-refractivity contribution in [3.05, 3.63) is 27.7 Å². The summed E-state index contributed by atoms with van der Waals surface area (Å²) < 4.78 is 7.05. The standard InChI is InChI=1S/C13H18N2O3/c1-4-14(2)13(17)11-12(18-3)10(16)8-9-6-5-7-15(9)11/h8H,4-7H2,1-3H3. The summed E-state index contributed by atoms with van der Waals surface area (Å²) in [6, 6.07) is 1.58. The van der Waals surface area contributed by atoms with E-state index in [1.165, 1.54) is 7.11 Å². The van der Waals surface area contributed by atoms with Crippen LogP contribution in [-0.2, 0) is 13.0 Å². The number of hydrogen-bond acceptors (Lipinski definition) is 3. The molecule has 0 aliphatic carbocycles. The molecule has 2 rings (SSSR count). The molecule has 0 fully saturated rings. The third-order valence-corrected chi connectivity index (χ3v) is 3.40. The Morgan fingerprint density at radius 2 is 2.28 bits per heavy atom. The van der Waals surface area contributed by atoms with Crippen molar-refractivity contribution in [3.63, 3.8) is 0 Å². The van der Waals surface area contributed by atoms with Gasteiger partial charge in [0.2, 0.25) is 5.43 Å². The van der Waals surface area contributed by atoms with Gasteiger partial charge in [-0.15, -0.1) is 0 Å². The molecule has 0 spiro atoms. The van der Waals surface area contributed by atoms with Crippen LogP contribution in [0, 0.1) is 0 Å². The van der Waals surface area contributed by atoms with E-state index in [9.17, 15) is 9.59 Å². The van der Waals surface area contributed by atoms with Crippen molar-refractivity contribution in [2.45, 2.75) is 26.3 Å². The molecule has 2 heterocycles. The third-order valence-electron chi connectivity index (χ3n) is 3.40. The second kappa shape index (κ2) is 4.84. The molecule has 0 radical (unpaired) electrons. The van der Waals surface area contributed by atoms with Crippen molar-refractivity contribution in [3.8, 4) is 5.75 Å². The lowest BCUT2D eigenvalue weighted by molar-refractivity contribution is 0.0786. The minimum absolute atomic E-state index is 0.157. The van der Waals surface area contributed by atoms with Crippen molar-refractivity contribution in [1.29, 1.82) is 0 Å². The normalized spacial score (nSPS) is 13.3. The Morgan fingerprint density at radius 3 is 2.89 bits per heavy atom. The zero-order chi connectivity index (χ0) is 13.3. The number of pyridine rings is 1. The molecular formula is C13H18N2O3. The lowest BCUT2D eigenvalue weighted by atomic mass is 10.2. The van der Waals surface area contributed by atoms with Gasteiger partial charge in [-0.25, -0.2) is 0 Å². The van der Waals surface area contributed by atoms with Gasteiger partial charge in [-0.2, -0.15) is 0 Å². The van der Waals surface area contributed by atoms with E-state index in [-0.39, 0.29) is 17.1 Å². The Bertz CT molecular complexity index is 534. The Kier molecular flexibility index (Phi) is 3.41. The molecule has 0 bridgehead atoms. The fraction of sp³-hybridized carbons (Fsp3) is 0.538. The van der Waals surface area contributed by atoms with Gasteiger partial charge in [-0.05, 0) is 19.8 Å². The Labute approximate surface area is 106 Å². The van der Waals surface area contributed by atoms with E-state index in [4.69, 9.17) is 4.74 Å². The number of carbonyl (C=O) groups excluding carboxylic acids is 1. The van der Waals surface area contributed by atoms with Gasteiger partial charge in [-0.1, -0.05) is 0 Å². The Balaban J connectivity index is 2.64. The average Bonchev–Trinajstić information content (AvgIpc) is 2.82. The molecular weight excluding hydrogens is 232 g/mol. The molecule has 0 saturated carbocycles. The maximum atomic E-state index is 12.4. The maximum absolute atomic E-state index is 12.4. The highest BCUT2D eigenvalue weighted by molar-refractivity contribution is 5.95. The molecule has 1 aliphatic heterocycles. The highest BCUT2D eigenvalue weighted by Gasteiger charge is 2.26. The molecule has 0 atom stereocenters. The molecule has 0 aromatic carbocycles. The number of aromatic nitrogens is 1. The van der Waals surface area contributed by atoms with Crippen LogP contribution < -0.4 is 10.2 Å². The summed E-state index contributed by atoms with van der Waals surface area (Å²) >= 11 is 0. The van der Waals surface area contributed by atoms with Crippen molar-refractivity contribution in [2.75, 3.05) is 20.7 Å². The van der Waals surface area contributed by atoms with E-state index in [1.54, 1.807) is 18.0 Å². The molecule has 1 amide bonds. The Hall–Kier alpha value is -1.78. The molecule has 18 heavy (non-hydrogen) atoms. The largest absolute Gasteiger partial charge is 0.491 e. The number of ether oxygens (including phenoxy) is 1. The Morgan fingerprint density at radius 1 is 1.56 bits per heavy atom. The monoisotopic (exact) mass is 250 g/mol. The zero-order valence-electron chi connectivity index (χ0n) is 11.0. The highest BCUT2D eigenvalue weighted by atomic mass is 16.5. The van der Waals surface area contributed by atoms with Crippen LogP contribution in [0.1, 0.15) is 29.5 Å². The molecule has 5 heteroatoms. The first-order valence-corrected chi connectivity index (χ1v) is 6.16. The van der Waals surface area contributed by atoms with Crippen molar-refractivity contribution in [1.82, 2.24) is 9.47 Å². The summed E-state index contributed by atoms with van der Waals surface area (Å²) in [5.41, 5.74) is 1.11. The van der Waals surface area contributed by atoms with Gasteiger partial charge >= 0.3 is 0 Å². The summed E-state index contributed by atoms with van der Waals surface area (Å²) in [6.07, 6.45) is 1.80. The SMILES string of the molecule is CCN(C)C(=O)c1c(OC)c(=O)cc2n1CCC2. The van der Waals surface area contributed by atoms with Crippen LogP contribution in [0.15, 0.2) is 10.9 Å². The first kappa shape index (κ1) is 12.7. The van der Waals surface area contributed by atoms with Crippen LogP contribution in [0.25, 0.3) is 0 Å². The number of carbonyl (C=O) groups is 1. The van der Waals surface area contributed by atoms with Gasteiger partial charge in [0, 0.05) is 31.9 Å². The molecule has 0 unspecified atom stereocenters. The molecule has 0 saturated heterocycles. The highest BCUT2D eigenvalue weighted by Crippen LogP contribution is 2.23. The average molecular weight is 250 g/mol. The molecule has 0 N–H and O–H groups in total. The molecule has 98 valence electrons. The maximum Gasteiger partial charge on any atom is 0.274 e. The second-order valence-corrected chi connectivity index (χ2v) is 4.46. The summed E-state index contributed by atoms with van der Waals surface area (Å²) in [6.45, 7) is 3.27. The second-order valence-electron chi connectivity index (χ2n) is 4.46. The topological polar surface area (TPSA) is 51.5 Å². The molecule has 5 nitrogen and oxygen atoms in total. The van der Waals surface area contributed by atoms with Gasteiger partial charge < -0.3 is 14.2 Å². The van der Waals surface area contributed by atoms with Crippen LogP contribution in [0.3, 0.4) is 0 Å². The van der Waals surface area contributed by atoms with E-state index in [0.717, 1.165) is 25.1 Å². The number of hydrogen-bond donors (Lipinski definition) is 0. The van der Waals surface area contributed by atoms with E-state index < -0.39 is 0 Å². The predicted molar refractivity (Wildman–Crippen MR) is 68.2 cm³/mol. The number of methoxy groups -OCH3 is 1. The van der Waals surface area contributed by atoms with Gasteiger partial charge in [-0.3, -0.25) is 9.59 Å². The summed E-state index contributed by atoms with van der Waals surface area (Å²) in [5, 5.41) is 0. The number of rotatable bonds is 3. The first-order chi connectivity index (χ1) is 8.60. The minimum atomic E-state index is -0.210. The van der Waals surface area contributed by atoms with Crippen LogP contribution in [-0.4, -0.2) is 36.1 Å². The van der Waals surface area contributed by atoms with Gasteiger partial charge in [0.1, 0.15) is 0 Å². The fourth-order valence-electron chi connectivity index (χ4n) is 2.29. The van der Waals surface area contributed by atoms with E-state index >= 15 is 0 Å². The van der Waals surface area contributed by atoms with Crippen molar-refractivity contribution in [2.24, 2.45) is 0 Å². The van der Waals surface area contributed by atoms with Crippen LogP contribution in [0.5, 0.6) is 5.75 Å². The fourth-order valence-corrected chi connectivity index (χ4v) is 2.29. The quantitative estimate of drug-likeness (QED) is 0.800. The third kappa shape index (κ3) is 1.89. The van der Waals surface area contributed by atoms with Crippen LogP contribution in [0.4, 0.5) is 0 Å². The predicted octanol–water partition coefficient (Wildman–Crippen LogP) is 0.895. The van der Waals surface area contributed by atoms with Crippen molar-refractivity contribution >= 4 is 5.91 Å². The van der Waals surface area contributed by atoms with E-state index in [1.807, 2.05) is 11.5 Å². The zero-order valence-corrected chi connectivity index (χ0v) is 11.0. The first-order valence-electron chi connectivity index (χ1n) is 6.16. The number of aryl methyl sites for hydroxylation is 1. The van der Waals surface area contributed by atoms with Gasteiger partial charge in [0.05, 0.1) is 7.11 Å². The van der Waals surface area contributed by atoms with Crippen LogP contribution >= 0.6 is 0 Å². The number of amides is 1. The lowest BCUT2D eigenvalue weighted by Gasteiger charge is -2.20. The molecule has 1 aromatic rings. The summed E-state index contributed by atoms with van der Waals surface area (Å²) in [7, 11) is 3.16. The van der Waals surface area contributed by atoms with Crippen molar-refractivity contribution < 1.29 is 9.53 Å². The smallest absolute Gasteiger partial charge is 0.274 e. The summed E-state index contributed by atoms with van der Waals surface area (Å²) in [5.74, 6) is 0.00106. The molecule has 1 aromatic heterocycles. The summed E-state index contributed by atoms with van der Waals surface area (Å²) in [4.78, 5) is 25.9. The van der Waals surface area contributed by atoms with Crippen LogP contribution in [0.2, 0.25) is 0 Å². The molecule has 1 aliphatic rings. The van der Waals surface area contributed by atoms with E-state index in [2.05, 4.69) is 0 Å².